The lowest BCUT2D eigenvalue weighted by atomic mass is 10.0. The molecule has 2 heteroatoms. The number of hydrogen-bond donors (Lipinski definition) is 1. The van der Waals surface area contributed by atoms with Crippen molar-refractivity contribution >= 4 is 12.0 Å². The second-order valence-electron chi connectivity index (χ2n) is 3.89. The van der Waals surface area contributed by atoms with Crippen molar-refractivity contribution in [3.63, 3.8) is 0 Å². The van der Waals surface area contributed by atoms with E-state index in [9.17, 15) is 4.79 Å². The highest BCUT2D eigenvalue weighted by atomic mass is 16.1. The third-order valence-electron chi connectivity index (χ3n) is 2.23. The van der Waals surface area contributed by atoms with E-state index in [0.29, 0.717) is 12.3 Å². The van der Waals surface area contributed by atoms with Gasteiger partial charge < -0.3 is 5.73 Å². The molecule has 0 aliphatic heterocycles. The maximum atomic E-state index is 10.5. The predicted molar refractivity (Wildman–Crippen MR) is 63.4 cm³/mol. The third-order valence-corrected chi connectivity index (χ3v) is 2.23. The average Bonchev–Trinajstić information content (AvgIpc) is 2.18. The Morgan fingerprint density at radius 2 is 1.93 bits per heavy atom. The number of carbonyl (C=O) groups is 1. The lowest BCUT2D eigenvalue weighted by molar-refractivity contribution is -0.117. The van der Waals surface area contributed by atoms with Gasteiger partial charge in [0, 0.05) is 6.42 Å². The van der Waals surface area contributed by atoms with E-state index in [1.165, 1.54) is 5.56 Å². The summed E-state index contributed by atoms with van der Waals surface area (Å²) in [6, 6.07) is 8.31. The van der Waals surface area contributed by atoms with Gasteiger partial charge in [0.2, 0.25) is 5.91 Å². The lowest BCUT2D eigenvalue weighted by Crippen LogP contribution is -2.07. The first-order valence-corrected chi connectivity index (χ1v) is 5.14. The minimum atomic E-state index is -0.301. The molecule has 0 saturated heterocycles. The van der Waals surface area contributed by atoms with Crippen LogP contribution in [0.2, 0.25) is 0 Å². The molecule has 0 saturated carbocycles. The molecule has 2 nitrogen and oxygen atoms in total. The first kappa shape index (κ1) is 11.5. The molecule has 1 aromatic carbocycles. The van der Waals surface area contributed by atoms with Gasteiger partial charge in [-0.1, -0.05) is 50.3 Å². The van der Waals surface area contributed by atoms with E-state index in [1.54, 1.807) is 6.08 Å². The van der Waals surface area contributed by atoms with Gasteiger partial charge in [-0.15, -0.1) is 0 Å². The van der Waals surface area contributed by atoms with Crippen molar-refractivity contribution in [3.8, 4) is 0 Å². The molecule has 0 spiro atoms. The van der Waals surface area contributed by atoms with E-state index >= 15 is 0 Å². The van der Waals surface area contributed by atoms with Crippen LogP contribution in [0.3, 0.4) is 0 Å². The molecule has 1 aromatic rings. The van der Waals surface area contributed by atoms with Crippen LogP contribution in [0.25, 0.3) is 6.08 Å². The van der Waals surface area contributed by atoms with Crippen molar-refractivity contribution < 1.29 is 4.79 Å². The molecule has 0 heterocycles. The predicted octanol–water partition coefficient (Wildman–Crippen LogP) is 2.70. The van der Waals surface area contributed by atoms with E-state index < -0.39 is 0 Å². The molecule has 1 rings (SSSR count). The first-order chi connectivity index (χ1) is 7.09. The van der Waals surface area contributed by atoms with Crippen molar-refractivity contribution in [3.05, 3.63) is 41.5 Å². The van der Waals surface area contributed by atoms with Crippen LogP contribution in [0.4, 0.5) is 0 Å². The summed E-state index contributed by atoms with van der Waals surface area (Å²) in [6.07, 6.45) is 3.99. The Hall–Kier alpha value is -1.57. The van der Waals surface area contributed by atoms with E-state index in [2.05, 4.69) is 26.0 Å². The Morgan fingerprint density at radius 3 is 2.40 bits per heavy atom. The molecule has 0 radical (unpaired) electrons. The molecule has 0 aliphatic carbocycles. The molecule has 15 heavy (non-hydrogen) atoms. The summed E-state index contributed by atoms with van der Waals surface area (Å²) >= 11 is 0. The summed E-state index contributed by atoms with van der Waals surface area (Å²) in [7, 11) is 0. The molecule has 0 atom stereocenters. The van der Waals surface area contributed by atoms with Gasteiger partial charge in [0.25, 0.3) is 0 Å². The Morgan fingerprint density at radius 1 is 1.33 bits per heavy atom. The average molecular weight is 203 g/mol. The smallest absolute Gasteiger partial charge is 0.221 e. The number of hydrogen-bond acceptors (Lipinski definition) is 1. The zero-order valence-electron chi connectivity index (χ0n) is 9.23. The van der Waals surface area contributed by atoms with Gasteiger partial charge in [-0.05, 0) is 17.0 Å². The van der Waals surface area contributed by atoms with Crippen molar-refractivity contribution in [2.45, 2.75) is 26.2 Å². The van der Waals surface area contributed by atoms with Crippen LogP contribution in [-0.4, -0.2) is 5.91 Å². The molecule has 0 unspecified atom stereocenters. The summed E-state index contributed by atoms with van der Waals surface area (Å²) in [4.78, 5) is 10.5. The first-order valence-electron chi connectivity index (χ1n) is 5.14. The van der Waals surface area contributed by atoms with Crippen LogP contribution in [0, 0.1) is 0 Å². The van der Waals surface area contributed by atoms with Crippen molar-refractivity contribution in [2.75, 3.05) is 0 Å². The SMILES string of the molecule is CC(C)c1ccc(C=CCC(N)=O)cc1. The van der Waals surface area contributed by atoms with Crippen molar-refractivity contribution in [1.82, 2.24) is 0 Å². The van der Waals surface area contributed by atoms with E-state index in [4.69, 9.17) is 5.73 Å². The largest absolute Gasteiger partial charge is 0.369 e. The fraction of sp³-hybridized carbons (Fsp3) is 0.308. The number of benzene rings is 1. The van der Waals surface area contributed by atoms with E-state index in [0.717, 1.165) is 5.56 Å². The van der Waals surface area contributed by atoms with E-state index in [1.807, 2.05) is 18.2 Å². The quantitative estimate of drug-likeness (QED) is 0.803. The van der Waals surface area contributed by atoms with Crippen LogP contribution < -0.4 is 5.73 Å². The normalized spacial score (nSPS) is 11.1. The molecule has 1 amide bonds. The standard InChI is InChI=1S/C13H17NO/c1-10(2)12-8-6-11(7-9-12)4-3-5-13(14)15/h3-4,6-10H,5H2,1-2H3,(H2,14,15). The van der Waals surface area contributed by atoms with Crippen molar-refractivity contribution in [1.29, 1.82) is 0 Å². The molecular weight excluding hydrogens is 186 g/mol. The highest BCUT2D eigenvalue weighted by Crippen LogP contribution is 2.15. The maximum absolute atomic E-state index is 10.5. The number of nitrogens with two attached hydrogens (primary N) is 1. The maximum Gasteiger partial charge on any atom is 0.221 e. The summed E-state index contributed by atoms with van der Waals surface area (Å²) in [5.74, 6) is 0.249. The molecule has 0 aromatic heterocycles. The number of amides is 1. The summed E-state index contributed by atoms with van der Waals surface area (Å²) < 4.78 is 0. The zero-order valence-corrected chi connectivity index (χ0v) is 9.23. The number of carbonyl (C=O) groups excluding carboxylic acids is 1. The second kappa shape index (κ2) is 5.35. The highest BCUT2D eigenvalue weighted by molar-refractivity contribution is 5.76. The minimum Gasteiger partial charge on any atom is -0.369 e. The highest BCUT2D eigenvalue weighted by Gasteiger charge is 1.96. The van der Waals surface area contributed by atoms with Crippen LogP contribution in [0.15, 0.2) is 30.3 Å². The molecule has 0 aliphatic rings. The van der Waals surface area contributed by atoms with Gasteiger partial charge in [0.15, 0.2) is 0 Å². The summed E-state index contributed by atoms with van der Waals surface area (Å²) in [6.45, 7) is 4.33. The van der Waals surface area contributed by atoms with Gasteiger partial charge in [-0.2, -0.15) is 0 Å². The zero-order chi connectivity index (χ0) is 11.3. The lowest BCUT2D eigenvalue weighted by Gasteiger charge is -2.04. The van der Waals surface area contributed by atoms with E-state index in [-0.39, 0.29) is 5.91 Å². The van der Waals surface area contributed by atoms with Gasteiger partial charge >= 0.3 is 0 Å². The van der Waals surface area contributed by atoms with Crippen LogP contribution in [-0.2, 0) is 4.79 Å². The molecule has 2 N–H and O–H groups in total. The minimum absolute atomic E-state index is 0.298. The topological polar surface area (TPSA) is 43.1 Å². The molecular formula is C13H17NO. The van der Waals surface area contributed by atoms with Gasteiger partial charge in [-0.3, -0.25) is 4.79 Å². The van der Waals surface area contributed by atoms with Gasteiger partial charge in [0.05, 0.1) is 0 Å². The fourth-order valence-corrected chi connectivity index (χ4v) is 1.30. The summed E-state index contributed by atoms with van der Waals surface area (Å²) in [5, 5.41) is 0. The molecule has 80 valence electrons. The number of rotatable bonds is 4. The Bertz CT molecular complexity index is 349. The van der Waals surface area contributed by atoms with Crippen LogP contribution in [0.5, 0.6) is 0 Å². The fourth-order valence-electron chi connectivity index (χ4n) is 1.30. The summed E-state index contributed by atoms with van der Waals surface area (Å²) in [5.41, 5.74) is 7.45. The molecule has 0 bridgehead atoms. The Balaban J connectivity index is 2.64. The van der Waals surface area contributed by atoms with Crippen LogP contribution in [0.1, 0.15) is 37.3 Å². The monoisotopic (exact) mass is 203 g/mol. The second-order valence-corrected chi connectivity index (χ2v) is 3.89. The van der Waals surface area contributed by atoms with Crippen LogP contribution >= 0.6 is 0 Å². The van der Waals surface area contributed by atoms with Gasteiger partial charge in [-0.25, -0.2) is 0 Å². The third kappa shape index (κ3) is 3.98. The Labute approximate surface area is 90.8 Å². The number of primary amides is 1. The molecule has 0 fully saturated rings. The Kier molecular flexibility index (Phi) is 4.10. The van der Waals surface area contributed by atoms with Gasteiger partial charge in [0.1, 0.15) is 0 Å². The van der Waals surface area contributed by atoms with Crippen molar-refractivity contribution in [2.24, 2.45) is 5.73 Å².